The average Bonchev–Trinajstić information content (AvgIpc) is 2.83. The molecule has 0 aromatic heterocycles. The summed E-state index contributed by atoms with van der Waals surface area (Å²) in [4.78, 5) is 29.1. The first-order chi connectivity index (χ1) is 9.49. The molecule has 6 nitrogen and oxygen atoms in total. The molecule has 1 N–H and O–H groups in total. The lowest BCUT2D eigenvalue weighted by atomic mass is 10.1. The number of hydrogen-bond donors (Lipinski definition) is 1. The first kappa shape index (κ1) is 15.1. The van der Waals surface area contributed by atoms with Gasteiger partial charge in [-0.15, -0.1) is 0 Å². The van der Waals surface area contributed by atoms with Crippen molar-refractivity contribution in [3.8, 4) is 0 Å². The topological polar surface area (TPSA) is 64.1 Å². The highest BCUT2D eigenvalue weighted by atomic mass is 16.4. The van der Waals surface area contributed by atoms with Gasteiger partial charge in [-0.3, -0.25) is 9.69 Å². The van der Waals surface area contributed by atoms with E-state index in [2.05, 4.69) is 11.8 Å². The molecule has 0 radical (unpaired) electrons. The van der Waals surface area contributed by atoms with Crippen LogP contribution in [-0.4, -0.2) is 77.1 Å². The van der Waals surface area contributed by atoms with Crippen molar-refractivity contribution >= 4 is 12.0 Å². The van der Waals surface area contributed by atoms with Gasteiger partial charge in [0.2, 0.25) is 0 Å². The smallest absolute Gasteiger partial charge is 0.320 e. The normalized spacial score (nSPS) is 26.4. The fourth-order valence-electron chi connectivity index (χ4n) is 3.24. The van der Waals surface area contributed by atoms with Crippen LogP contribution in [0.15, 0.2) is 0 Å². The molecule has 0 saturated carbocycles. The maximum absolute atomic E-state index is 12.5. The second-order valence-corrected chi connectivity index (χ2v) is 5.99. The highest BCUT2D eigenvalue weighted by Gasteiger charge is 2.37. The van der Waals surface area contributed by atoms with Crippen LogP contribution in [0, 0.1) is 0 Å². The number of piperazine rings is 1. The van der Waals surface area contributed by atoms with Gasteiger partial charge in [0.05, 0.1) is 0 Å². The summed E-state index contributed by atoms with van der Waals surface area (Å²) in [6.45, 7) is 5.52. The third-order valence-electron chi connectivity index (χ3n) is 4.39. The molecule has 20 heavy (non-hydrogen) atoms. The average molecular weight is 283 g/mol. The van der Waals surface area contributed by atoms with E-state index in [1.165, 1.54) is 12.8 Å². The van der Waals surface area contributed by atoms with Crippen molar-refractivity contribution in [1.29, 1.82) is 0 Å². The van der Waals surface area contributed by atoms with Crippen LogP contribution < -0.4 is 0 Å². The van der Waals surface area contributed by atoms with Crippen molar-refractivity contribution in [2.24, 2.45) is 0 Å². The van der Waals surface area contributed by atoms with Crippen molar-refractivity contribution in [3.63, 3.8) is 0 Å². The molecule has 2 heterocycles. The van der Waals surface area contributed by atoms with Gasteiger partial charge in [0.15, 0.2) is 0 Å². The van der Waals surface area contributed by atoms with Crippen molar-refractivity contribution in [2.75, 3.05) is 33.2 Å². The van der Waals surface area contributed by atoms with Gasteiger partial charge in [-0.2, -0.15) is 0 Å². The van der Waals surface area contributed by atoms with E-state index in [-0.39, 0.29) is 18.5 Å². The Bertz CT molecular complexity index is 375. The van der Waals surface area contributed by atoms with E-state index >= 15 is 0 Å². The summed E-state index contributed by atoms with van der Waals surface area (Å²) in [5.41, 5.74) is 0. The van der Waals surface area contributed by atoms with E-state index in [4.69, 9.17) is 5.11 Å². The van der Waals surface area contributed by atoms with Crippen LogP contribution in [0.3, 0.4) is 0 Å². The Kier molecular flexibility index (Phi) is 4.86. The number of hydrogen-bond acceptors (Lipinski definition) is 3. The molecular weight excluding hydrogens is 258 g/mol. The van der Waals surface area contributed by atoms with Crippen LogP contribution in [0.4, 0.5) is 4.79 Å². The highest BCUT2D eigenvalue weighted by molar-refractivity contribution is 5.75. The van der Waals surface area contributed by atoms with Gasteiger partial charge in [0, 0.05) is 45.2 Å². The minimum Gasteiger partial charge on any atom is -0.481 e. The molecule has 2 amide bonds. The van der Waals surface area contributed by atoms with Crippen LogP contribution in [-0.2, 0) is 4.79 Å². The first-order valence-electron chi connectivity index (χ1n) is 7.46. The molecule has 2 atom stereocenters. The van der Waals surface area contributed by atoms with Gasteiger partial charge in [0.25, 0.3) is 0 Å². The van der Waals surface area contributed by atoms with Gasteiger partial charge < -0.3 is 14.9 Å². The number of carboxylic acids is 1. The molecular formula is C14H25N3O3. The van der Waals surface area contributed by atoms with Crippen LogP contribution >= 0.6 is 0 Å². The quantitative estimate of drug-likeness (QED) is 0.838. The predicted molar refractivity (Wildman–Crippen MR) is 75.7 cm³/mol. The van der Waals surface area contributed by atoms with Crippen LogP contribution in [0.2, 0.25) is 0 Å². The summed E-state index contributed by atoms with van der Waals surface area (Å²) in [5.74, 6) is -0.807. The van der Waals surface area contributed by atoms with Crippen LogP contribution in [0.25, 0.3) is 0 Å². The number of carbonyl (C=O) groups is 2. The maximum Gasteiger partial charge on any atom is 0.320 e. The number of nitrogens with zero attached hydrogens (tertiary/aromatic N) is 3. The number of urea groups is 1. The third kappa shape index (κ3) is 3.42. The van der Waals surface area contributed by atoms with E-state index in [9.17, 15) is 9.59 Å². The lowest BCUT2D eigenvalue weighted by Crippen LogP contribution is -2.59. The van der Waals surface area contributed by atoms with Gasteiger partial charge in [-0.25, -0.2) is 4.79 Å². The summed E-state index contributed by atoms with van der Waals surface area (Å²) in [7, 11) is 1.76. The summed E-state index contributed by atoms with van der Waals surface area (Å²) < 4.78 is 0. The van der Waals surface area contributed by atoms with Crippen molar-refractivity contribution in [3.05, 3.63) is 0 Å². The van der Waals surface area contributed by atoms with Gasteiger partial charge in [0.1, 0.15) is 0 Å². The molecule has 2 fully saturated rings. The summed E-state index contributed by atoms with van der Waals surface area (Å²) >= 11 is 0. The van der Waals surface area contributed by atoms with E-state index in [1.54, 1.807) is 11.9 Å². The van der Waals surface area contributed by atoms with Gasteiger partial charge >= 0.3 is 12.0 Å². The zero-order chi connectivity index (χ0) is 14.7. The van der Waals surface area contributed by atoms with Crippen LogP contribution in [0.1, 0.15) is 32.6 Å². The fourth-order valence-corrected chi connectivity index (χ4v) is 3.24. The minimum atomic E-state index is -0.807. The second-order valence-electron chi connectivity index (χ2n) is 5.99. The fraction of sp³-hybridized carbons (Fsp3) is 0.857. The Labute approximate surface area is 120 Å². The Morgan fingerprint density at radius 2 is 2.10 bits per heavy atom. The molecule has 2 rings (SSSR count). The van der Waals surface area contributed by atoms with Crippen molar-refractivity contribution < 1.29 is 14.7 Å². The lowest BCUT2D eigenvalue weighted by molar-refractivity contribution is -0.137. The van der Waals surface area contributed by atoms with E-state index in [0.717, 1.165) is 19.6 Å². The maximum atomic E-state index is 12.5. The first-order valence-corrected chi connectivity index (χ1v) is 7.46. The highest BCUT2D eigenvalue weighted by Crippen LogP contribution is 2.25. The molecule has 0 aromatic carbocycles. The Balaban J connectivity index is 1.85. The van der Waals surface area contributed by atoms with Gasteiger partial charge in [-0.05, 0) is 32.7 Å². The van der Waals surface area contributed by atoms with E-state index in [1.807, 2.05) is 4.90 Å². The number of fused-ring (bicyclic) bond motifs is 1. The number of carbonyl (C=O) groups excluding carboxylic acids is 1. The van der Waals surface area contributed by atoms with Gasteiger partial charge in [-0.1, -0.05) is 0 Å². The SMILES string of the molecule is CC1CN2CCCC2CN1C(=O)N(C)CCCC(=O)O. The number of rotatable bonds is 4. The monoisotopic (exact) mass is 283 g/mol. The molecule has 0 aliphatic carbocycles. The molecule has 0 spiro atoms. The zero-order valence-electron chi connectivity index (χ0n) is 12.4. The van der Waals surface area contributed by atoms with Crippen molar-refractivity contribution in [1.82, 2.24) is 14.7 Å². The van der Waals surface area contributed by atoms with E-state index < -0.39 is 5.97 Å². The van der Waals surface area contributed by atoms with E-state index in [0.29, 0.717) is 19.0 Å². The molecule has 0 aromatic rings. The molecule has 2 aliphatic heterocycles. The zero-order valence-corrected chi connectivity index (χ0v) is 12.4. The minimum absolute atomic E-state index is 0.0365. The number of amides is 2. The Morgan fingerprint density at radius 3 is 2.80 bits per heavy atom. The number of aliphatic carboxylic acids is 1. The van der Waals surface area contributed by atoms with Crippen molar-refractivity contribution in [2.45, 2.75) is 44.7 Å². The lowest BCUT2D eigenvalue weighted by Gasteiger charge is -2.43. The standard InChI is InChI=1S/C14H25N3O3/c1-11-9-16-8-3-5-12(16)10-17(11)14(20)15(2)7-4-6-13(18)19/h11-12H,3-10H2,1-2H3,(H,18,19). The molecule has 114 valence electrons. The second kappa shape index (κ2) is 6.43. The predicted octanol–water partition coefficient (Wildman–Crippen LogP) is 1.07. The molecule has 2 unspecified atom stereocenters. The molecule has 0 bridgehead atoms. The van der Waals surface area contributed by atoms with Crippen LogP contribution in [0.5, 0.6) is 0 Å². The third-order valence-corrected chi connectivity index (χ3v) is 4.39. The Hall–Kier alpha value is -1.30. The Morgan fingerprint density at radius 1 is 1.35 bits per heavy atom. The molecule has 6 heteroatoms. The summed E-state index contributed by atoms with van der Waals surface area (Å²) in [6.07, 6.45) is 3.03. The molecule has 2 aliphatic rings. The summed E-state index contributed by atoms with van der Waals surface area (Å²) in [5, 5.41) is 8.64. The molecule has 2 saturated heterocycles. The largest absolute Gasteiger partial charge is 0.481 e. The number of carboxylic acid groups (broad SMARTS) is 1. The summed E-state index contributed by atoms with van der Waals surface area (Å²) in [6, 6.07) is 0.788.